The molecule has 6 nitrogen and oxygen atoms in total. The summed E-state index contributed by atoms with van der Waals surface area (Å²) in [6.07, 6.45) is 1.76. The fraction of sp³-hybridized carbons (Fsp3) is 0.312. The molecular weight excluding hydrogens is 314 g/mol. The van der Waals surface area contributed by atoms with E-state index in [0.29, 0.717) is 28.9 Å². The Hall–Kier alpha value is -2.41. The summed E-state index contributed by atoms with van der Waals surface area (Å²) in [5, 5.41) is 5.93. The second-order valence-electron chi connectivity index (χ2n) is 5.10. The third-order valence-electron chi connectivity index (χ3n) is 2.97. The van der Waals surface area contributed by atoms with Crippen molar-refractivity contribution in [2.45, 2.75) is 26.7 Å². The lowest BCUT2D eigenvalue weighted by Crippen LogP contribution is -2.19. The number of nitrogens with zero attached hydrogens (tertiary/aromatic N) is 1. The summed E-state index contributed by atoms with van der Waals surface area (Å²) >= 11 is 1.45. The van der Waals surface area contributed by atoms with Crippen molar-refractivity contribution in [1.82, 2.24) is 4.98 Å². The summed E-state index contributed by atoms with van der Waals surface area (Å²) in [7, 11) is 0. The van der Waals surface area contributed by atoms with Crippen LogP contribution in [0.1, 0.15) is 41.9 Å². The van der Waals surface area contributed by atoms with Gasteiger partial charge < -0.3 is 10.1 Å². The minimum atomic E-state index is -0.382. The Kier molecular flexibility index (Phi) is 5.70. The molecule has 0 fully saturated rings. The Bertz CT molecular complexity index is 680. The maximum Gasteiger partial charge on any atom is 0.338 e. The van der Waals surface area contributed by atoms with E-state index in [1.807, 2.05) is 0 Å². The molecule has 0 unspecified atom stereocenters. The molecule has 0 saturated heterocycles. The van der Waals surface area contributed by atoms with Crippen molar-refractivity contribution in [3.63, 3.8) is 0 Å². The fourth-order valence-electron chi connectivity index (χ4n) is 1.77. The molecule has 1 aromatic carbocycles. The number of rotatable bonds is 5. The zero-order valence-electron chi connectivity index (χ0n) is 13.3. The molecule has 2 N–H and O–H groups in total. The van der Waals surface area contributed by atoms with Crippen LogP contribution in [0.3, 0.4) is 0 Å². The van der Waals surface area contributed by atoms with Crippen LogP contribution >= 0.6 is 11.3 Å². The van der Waals surface area contributed by atoms with Gasteiger partial charge in [0.1, 0.15) is 0 Å². The van der Waals surface area contributed by atoms with E-state index in [1.54, 1.807) is 37.4 Å². The molecule has 7 heteroatoms. The van der Waals surface area contributed by atoms with Crippen LogP contribution in [0.15, 0.2) is 30.5 Å². The van der Waals surface area contributed by atoms with Gasteiger partial charge in [0.2, 0.25) is 0 Å². The molecule has 0 spiro atoms. The van der Waals surface area contributed by atoms with Gasteiger partial charge in [-0.15, -0.1) is 11.3 Å². The minimum Gasteiger partial charge on any atom is -0.462 e. The number of esters is 1. The summed E-state index contributed by atoms with van der Waals surface area (Å²) in [6, 6.07) is 6.13. The highest BCUT2D eigenvalue weighted by Gasteiger charge is 2.10. The normalized spacial score (nSPS) is 10.4. The Morgan fingerprint density at radius 3 is 2.48 bits per heavy atom. The molecular formula is C16H19N3O3S. The highest BCUT2D eigenvalue weighted by atomic mass is 32.1. The van der Waals surface area contributed by atoms with Crippen LogP contribution in [0.2, 0.25) is 0 Å². The molecule has 0 aliphatic carbocycles. The number of hydrogen-bond acceptors (Lipinski definition) is 5. The summed E-state index contributed by atoms with van der Waals surface area (Å²) in [6.45, 7) is 6.22. The molecule has 0 aliphatic heterocycles. The van der Waals surface area contributed by atoms with Crippen molar-refractivity contribution in [3.8, 4) is 0 Å². The standard InChI is InChI=1S/C16H19N3O3S/c1-4-22-14(20)11-5-7-12(8-6-11)18-15(21)19-16-17-9-13(23-16)10(2)3/h5-10H,4H2,1-3H3,(H2,17,18,19,21). The fourth-order valence-corrected chi connectivity index (χ4v) is 2.59. The van der Waals surface area contributed by atoms with Crippen LogP contribution in [-0.2, 0) is 4.74 Å². The molecule has 0 atom stereocenters. The second kappa shape index (κ2) is 7.73. The van der Waals surface area contributed by atoms with Gasteiger partial charge in [0.05, 0.1) is 12.2 Å². The molecule has 0 saturated carbocycles. The van der Waals surface area contributed by atoms with Gasteiger partial charge in [0, 0.05) is 16.8 Å². The molecule has 1 heterocycles. The summed E-state index contributed by atoms with van der Waals surface area (Å²) < 4.78 is 4.90. The number of thiazole rings is 1. The first-order valence-electron chi connectivity index (χ1n) is 7.30. The molecule has 2 rings (SSSR count). The van der Waals surface area contributed by atoms with Gasteiger partial charge in [-0.05, 0) is 37.1 Å². The molecule has 23 heavy (non-hydrogen) atoms. The van der Waals surface area contributed by atoms with E-state index >= 15 is 0 Å². The van der Waals surface area contributed by atoms with E-state index in [4.69, 9.17) is 4.74 Å². The van der Waals surface area contributed by atoms with Gasteiger partial charge in [0.15, 0.2) is 5.13 Å². The number of carbonyl (C=O) groups excluding carboxylic acids is 2. The average molecular weight is 333 g/mol. The van der Waals surface area contributed by atoms with E-state index in [1.165, 1.54) is 11.3 Å². The highest BCUT2D eigenvalue weighted by Crippen LogP contribution is 2.25. The molecule has 2 amide bonds. The Labute approximate surface area is 138 Å². The molecule has 0 bridgehead atoms. The largest absolute Gasteiger partial charge is 0.462 e. The van der Waals surface area contributed by atoms with Crippen LogP contribution in [0.4, 0.5) is 15.6 Å². The van der Waals surface area contributed by atoms with Gasteiger partial charge in [-0.25, -0.2) is 14.6 Å². The third kappa shape index (κ3) is 4.79. The first-order valence-corrected chi connectivity index (χ1v) is 8.12. The number of hydrogen-bond donors (Lipinski definition) is 2. The number of aromatic nitrogens is 1. The Morgan fingerprint density at radius 1 is 1.22 bits per heavy atom. The lowest BCUT2D eigenvalue weighted by Gasteiger charge is -2.06. The summed E-state index contributed by atoms with van der Waals surface area (Å²) in [5.41, 5.74) is 1.02. The van der Waals surface area contributed by atoms with Crippen molar-refractivity contribution in [1.29, 1.82) is 0 Å². The van der Waals surface area contributed by atoms with Crippen LogP contribution in [0.25, 0.3) is 0 Å². The van der Waals surface area contributed by atoms with Crippen LogP contribution in [-0.4, -0.2) is 23.6 Å². The number of ether oxygens (including phenoxy) is 1. The number of amides is 2. The smallest absolute Gasteiger partial charge is 0.338 e. The number of carbonyl (C=O) groups is 2. The molecule has 2 aromatic rings. The zero-order valence-corrected chi connectivity index (χ0v) is 14.1. The maximum absolute atomic E-state index is 11.9. The highest BCUT2D eigenvalue weighted by molar-refractivity contribution is 7.15. The van der Waals surface area contributed by atoms with Gasteiger partial charge >= 0.3 is 12.0 Å². The zero-order chi connectivity index (χ0) is 16.8. The third-order valence-corrected chi connectivity index (χ3v) is 4.18. The minimum absolute atomic E-state index is 0.327. The number of benzene rings is 1. The number of urea groups is 1. The lowest BCUT2D eigenvalue weighted by molar-refractivity contribution is 0.0526. The van der Waals surface area contributed by atoms with E-state index in [2.05, 4.69) is 29.5 Å². The molecule has 0 radical (unpaired) electrons. The Morgan fingerprint density at radius 2 is 1.91 bits per heavy atom. The van der Waals surface area contributed by atoms with Gasteiger partial charge in [-0.3, -0.25) is 5.32 Å². The monoisotopic (exact) mass is 333 g/mol. The molecule has 0 aliphatic rings. The van der Waals surface area contributed by atoms with Crippen LogP contribution < -0.4 is 10.6 Å². The SMILES string of the molecule is CCOC(=O)c1ccc(NC(=O)Nc2ncc(C(C)C)s2)cc1. The van der Waals surface area contributed by atoms with Crippen LogP contribution in [0, 0.1) is 0 Å². The summed E-state index contributed by atoms with van der Waals surface area (Å²) in [5.74, 6) is -0.00552. The van der Waals surface area contributed by atoms with E-state index < -0.39 is 0 Å². The van der Waals surface area contributed by atoms with E-state index in [9.17, 15) is 9.59 Å². The van der Waals surface area contributed by atoms with Crippen LogP contribution in [0.5, 0.6) is 0 Å². The second-order valence-corrected chi connectivity index (χ2v) is 6.16. The van der Waals surface area contributed by atoms with E-state index in [0.717, 1.165) is 4.88 Å². The van der Waals surface area contributed by atoms with Gasteiger partial charge in [-0.2, -0.15) is 0 Å². The van der Waals surface area contributed by atoms with Crippen molar-refractivity contribution >= 4 is 34.2 Å². The number of nitrogens with one attached hydrogen (secondary N) is 2. The first kappa shape index (κ1) is 17.0. The molecule has 122 valence electrons. The van der Waals surface area contributed by atoms with Crippen molar-refractivity contribution < 1.29 is 14.3 Å². The van der Waals surface area contributed by atoms with Gasteiger partial charge in [-0.1, -0.05) is 13.8 Å². The average Bonchev–Trinajstić information content (AvgIpc) is 2.96. The molecule has 1 aromatic heterocycles. The predicted octanol–water partition coefficient (Wildman–Crippen LogP) is 4.09. The summed E-state index contributed by atoms with van der Waals surface area (Å²) in [4.78, 5) is 28.8. The van der Waals surface area contributed by atoms with Crippen molar-refractivity contribution in [2.24, 2.45) is 0 Å². The lowest BCUT2D eigenvalue weighted by atomic mass is 10.2. The quantitative estimate of drug-likeness (QED) is 0.808. The Balaban J connectivity index is 1.93. The predicted molar refractivity (Wildman–Crippen MR) is 91.2 cm³/mol. The first-order chi connectivity index (χ1) is 11.0. The van der Waals surface area contributed by atoms with Crippen molar-refractivity contribution in [2.75, 3.05) is 17.2 Å². The van der Waals surface area contributed by atoms with Gasteiger partial charge in [0.25, 0.3) is 0 Å². The van der Waals surface area contributed by atoms with Crippen molar-refractivity contribution in [3.05, 3.63) is 40.9 Å². The topological polar surface area (TPSA) is 80.3 Å². The maximum atomic E-state index is 11.9. The number of anilines is 2. The van der Waals surface area contributed by atoms with E-state index in [-0.39, 0.29) is 12.0 Å².